The Bertz CT molecular complexity index is 1350. The number of anilines is 1. The third kappa shape index (κ3) is 7.06. The van der Waals surface area contributed by atoms with Crippen LogP contribution in [0.3, 0.4) is 0 Å². The maximum Gasteiger partial charge on any atom is 0.294 e. The summed E-state index contributed by atoms with van der Waals surface area (Å²) in [5, 5.41) is 2.48. The number of thioether (sulfide) groups is 1. The fourth-order valence-corrected chi connectivity index (χ4v) is 4.94. The standard InChI is InChI=1S/C27H22ClIN2O5S/c1-2-35-22-13-18(12-21(28)25(22)36-16-17-6-4-3-5-7-17)14-23-26(33)31(27(34)37-23)15-24(32)30-20-10-8-19(29)9-11-20/h3-14H,2,15-16H2,1H3,(H,30,32)/b23-14-. The maximum absolute atomic E-state index is 12.9. The topological polar surface area (TPSA) is 84.9 Å². The number of amides is 3. The predicted octanol–water partition coefficient (Wildman–Crippen LogP) is 6.60. The molecule has 4 rings (SSSR count). The van der Waals surface area contributed by atoms with Gasteiger partial charge >= 0.3 is 0 Å². The van der Waals surface area contributed by atoms with Crippen LogP contribution >= 0.6 is 46.0 Å². The Balaban J connectivity index is 1.48. The number of nitrogens with zero attached hydrogens (tertiary/aromatic N) is 1. The Morgan fingerprint density at radius 1 is 1.08 bits per heavy atom. The second-order valence-corrected chi connectivity index (χ2v) is 10.5. The summed E-state index contributed by atoms with van der Waals surface area (Å²) in [5.74, 6) is -0.198. The molecule has 1 aliphatic heterocycles. The minimum atomic E-state index is -0.550. The van der Waals surface area contributed by atoms with Crippen LogP contribution < -0.4 is 14.8 Å². The van der Waals surface area contributed by atoms with Crippen molar-refractivity contribution in [3.8, 4) is 11.5 Å². The van der Waals surface area contributed by atoms with E-state index >= 15 is 0 Å². The maximum atomic E-state index is 12.9. The lowest BCUT2D eigenvalue weighted by atomic mass is 10.1. The molecule has 1 heterocycles. The van der Waals surface area contributed by atoms with E-state index in [1.807, 2.05) is 49.4 Å². The van der Waals surface area contributed by atoms with Gasteiger partial charge in [-0.05, 0) is 94.9 Å². The summed E-state index contributed by atoms with van der Waals surface area (Å²) in [7, 11) is 0. The number of carbonyl (C=O) groups is 3. The molecule has 0 spiro atoms. The first-order chi connectivity index (χ1) is 17.8. The zero-order chi connectivity index (χ0) is 26.4. The van der Waals surface area contributed by atoms with Crippen molar-refractivity contribution in [1.82, 2.24) is 4.90 Å². The van der Waals surface area contributed by atoms with E-state index in [9.17, 15) is 14.4 Å². The monoisotopic (exact) mass is 648 g/mol. The van der Waals surface area contributed by atoms with E-state index in [1.54, 1.807) is 30.3 Å². The number of carbonyl (C=O) groups excluding carboxylic acids is 3. The molecule has 1 N–H and O–H groups in total. The van der Waals surface area contributed by atoms with E-state index in [0.717, 1.165) is 25.8 Å². The van der Waals surface area contributed by atoms with Gasteiger partial charge in [0.05, 0.1) is 16.5 Å². The van der Waals surface area contributed by atoms with E-state index in [2.05, 4.69) is 27.9 Å². The molecule has 0 bridgehead atoms. The minimum Gasteiger partial charge on any atom is -0.490 e. The molecular formula is C27H22ClIN2O5S. The van der Waals surface area contributed by atoms with Crippen molar-refractivity contribution in [3.05, 3.63) is 91.4 Å². The van der Waals surface area contributed by atoms with Crippen LogP contribution in [-0.2, 0) is 16.2 Å². The van der Waals surface area contributed by atoms with Crippen LogP contribution in [0.5, 0.6) is 11.5 Å². The van der Waals surface area contributed by atoms with Crippen molar-refractivity contribution in [1.29, 1.82) is 0 Å². The molecule has 3 amide bonds. The Hall–Kier alpha value is -3.02. The van der Waals surface area contributed by atoms with Crippen molar-refractivity contribution in [2.75, 3.05) is 18.5 Å². The van der Waals surface area contributed by atoms with Crippen LogP contribution in [0, 0.1) is 3.57 Å². The fourth-order valence-electron chi connectivity index (χ4n) is 3.47. The molecule has 7 nitrogen and oxygen atoms in total. The Morgan fingerprint density at radius 3 is 2.51 bits per heavy atom. The van der Waals surface area contributed by atoms with Gasteiger partial charge in [-0.25, -0.2) is 0 Å². The first-order valence-electron chi connectivity index (χ1n) is 11.3. The molecule has 37 heavy (non-hydrogen) atoms. The highest BCUT2D eigenvalue weighted by atomic mass is 127. The lowest BCUT2D eigenvalue weighted by Gasteiger charge is -2.15. The summed E-state index contributed by atoms with van der Waals surface area (Å²) in [6.07, 6.45) is 1.55. The molecule has 0 unspecified atom stereocenters. The van der Waals surface area contributed by atoms with Crippen molar-refractivity contribution in [3.63, 3.8) is 0 Å². The number of hydrogen-bond donors (Lipinski definition) is 1. The smallest absolute Gasteiger partial charge is 0.294 e. The average Bonchev–Trinajstić information content (AvgIpc) is 3.13. The molecule has 0 atom stereocenters. The largest absolute Gasteiger partial charge is 0.490 e. The van der Waals surface area contributed by atoms with Crippen LogP contribution in [0.1, 0.15) is 18.1 Å². The summed E-state index contributed by atoms with van der Waals surface area (Å²) >= 11 is 9.44. The number of halogens is 2. The number of hydrogen-bond acceptors (Lipinski definition) is 6. The molecule has 0 saturated carbocycles. The second-order valence-electron chi connectivity index (χ2n) is 7.86. The molecule has 1 saturated heterocycles. The van der Waals surface area contributed by atoms with Crippen molar-refractivity contribution >= 4 is 74.8 Å². The van der Waals surface area contributed by atoms with Crippen LogP contribution in [0.2, 0.25) is 5.02 Å². The molecule has 190 valence electrons. The molecule has 0 aromatic heterocycles. The highest BCUT2D eigenvalue weighted by Gasteiger charge is 2.36. The predicted molar refractivity (Wildman–Crippen MR) is 154 cm³/mol. The molecule has 3 aromatic carbocycles. The fraction of sp³-hybridized carbons (Fsp3) is 0.148. The minimum absolute atomic E-state index is 0.184. The zero-order valence-electron chi connectivity index (χ0n) is 19.7. The normalized spacial score (nSPS) is 14.2. The van der Waals surface area contributed by atoms with Crippen molar-refractivity contribution in [2.45, 2.75) is 13.5 Å². The first-order valence-corrected chi connectivity index (χ1v) is 13.5. The van der Waals surface area contributed by atoms with Crippen LogP contribution in [0.4, 0.5) is 10.5 Å². The van der Waals surface area contributed by atoms with Gasteiger partial charge in [0, 0.05) is 9.26 Å². The van der Waals surface area contributed by atoms with Gasteiger partial charge in [-0.15, -0.1) is 0 Å². The van der Waals surface area contributed by atoms with Gasteiger partial charge in [-0.2, -0.15) is 0 Å². The van der Waals surface area contributed by atoms with E-state index in [0.29, 0.717) is 41.0 Å². The van der Waals surface area contributed by atoms with Crippen molar-refractivity contribution in [2.24, 2.45) is 0 Å². The summed E-state index contributed by atoms with van der Waals surface area (Å²) in [5.41, 5.74) is 2.12. The van der Waals surface area contributed by atoms with Crippen LogP contribution in [-0.4, -0.2) is 35.1 Å². The Morgan fingerprint density at radius 2 is 1.81 bits per heavy atom. The van der Waals surface area contributed by atoms with Crippen LogP contribution in [0.15, 0.2) is 71.6 Å². The number of imide groups is 1. The highest BCUT2D eigenvalue weighted by molar-refractivity contribution is 14.1. The third-order valence-corrected chi connectivity index (χ3v) is 7.07. The average molecular weight is 649 g/mol. The molecule has 10 heteroatoms. The lowest BCUT2D eigenvalue weighted by Crippen LogP contribution is -2.36. The van der Waals surface area contributed by atoms with Gasteiger partial charge in [0.2, 0.25) is 5.91 Å². The van der Waals surface area contributed by atoms with Crippen LogP contribution in [0.25, 0.3) is 6.08 Å². The SMILES string of the molecule is CCOc1cc(/C=C2\SC(=O)N(CC(=O)Nc3ccc(I)cc3)C2=O)cc(Cl)c1OCc1ccccc1. The molecule has 1 aliphatic rings. The molecule has 0 radical (unpaired) electrons. The van der Waals surface area contributed by atoms with Gasteiger partial charge in [-0.3, -0.25) is 19.3 Å². The quantitative estimate of drug-likeness (QED) is 0.208. The summed E-state index contributed by atoms with van der Waals surface area (Å²) < 4.78 is 12.7. The summed E-state index contributed by atoms with van der Waals surface area (Å²) in [6.45, 7) is 2.15. The second kappa shape index (κ2) is 12.5. The van der Waals surface area contributed by atoms with E-state index in [-0.39, 0.29) is 11.4 Å². The Kier molecular flexibility index (Phi) is 9.12. The highest BCUT2D eigenvalue weighted by Crippen LogP contribution is 2.39. The van der Waals surface area contributed by atoms with Gasteiger partial charge < -0.3 is 14.8 Å². The lowest BCUT2D eigenvalue weighted by molar-refractivity contribution is -0.127. The van der Waals surface area contributed by atoms with E-state index < -0.39 is 17.1 Å². The number of ether oxygens (including phenoxy) is 2. The summed E-state index contributed by atoms with van der Waals surface area (Å²) in [4.78, 5) is 39.0. The third-order valence-electron chi connectivity index (χ3n) is 5.16. The number of benzene rings is 3. The first kappa shape index (κ1) is 27.0. The van der Waals surface area contributed by atoms with Crippen molar-refractivity contribution < 1.29 is 23.9 Å². The van der Waals surface area contributed by atoms with Gasteiger partial charge in [0.25, 0.3) is 11.1 Å². The van der Waals surface area contributed by atoms with E-state index in [1.165, 1.54) is 0 Å². The number of nitrogens with one attached hydrogen (secondary N) is 1. The Labute approximate surface area is 237 Å². The molecule has 1 fully saturated rings. The van der Waals surface area contributed by atoms with Gasteiger partial charge in [0.15, 0.2) is 11.5 Å². The zero-order valence-corrected chi connectivity index (χ0v) is 23.4. The number of rotatable bonds is 9. The summed E-state index contributed by atoms with van der Waals surface area (Å²) in [6, 6.07) is 20.2. The molecule has 3 aromatic rings. The molecule has 0 aliphatic carbocycles. The van der Waals surface area contributed by atoms with E-state index in [4.69, 9.17) is 21.1 Å². The molecular weight excluding hydrogens is 627 g/mol. The van der Waals surface area contributed by atoms with Gasteiger partial charge in [0.1, 0.15) is 13.2 Å². The van der Waals surface area contributed by atoms with Gasteiger partial charge in [-0.1, -0.05) is 41.9 Å².